The predicted molar refractivity (Wildman–Crippen MR) is 575 cm³/mol. The van der Waals surface area contributed by atoms with Crippen molar-refractivity contribution < 1.29 is 56.8 Å². The van der Waals surface area contributed by atoms with Crippen LogP contribution in [0.1, 0.15) is 233 Å². The summed E-state index contributed by atoms with van der Waals surface area (Å²) in [5.41, 5.74) is 11.7. The maximum Gasteiger partial charge on any atom is 0.123 e. The predicted octanol–water partition coefficient (Wildman–Crippen LogP) is 18.2. The van der Waals surface area contributed by atoms with Crippen LogP contribution in [0.3, 0.4) is 0 Å². The van der Waals surface area contributed by atoms with E-state index in [0.29, 0.717) is 118 Å². The number of likely N-dealkylation sites (N-methyl/N-ethyl adjacent to an activating group) is 12. The molecule has 138 heavy (non-hydrogen) atoms. The third-order valence-corrected chi connectivity index (χ3v) is 28.5. The summed E-state index contributed by atoms with van der Waals surface area (Å²) in [5.74, 6) is 9.41. The molecule has 24 nitrogen and oxygen atoms in total. The Hall–Kier alpha value is -7.56. The van der Waals surface area contributed by atoms with Crippen LogP contribution in [-0.4, -0.2) is 374 Å². The monoisotopic (exact) mass is 1920 g/mol. The lowest BCUT2D eigenvalue weighted by Crippen LogP contribution is -2.28. The molecule has 0 amide bonds. The second-order valence-corrected chi connectivity index (χ2v) is 36.0. The molecule has 780 valence electrons. The first-order chi connectivity index (χ1) is 67.3. The summed E-state index contributed by atoms with van der Waals surface area (Å²) in [7, 11) is 0. The van der Waals surface area contributed by atoms with Gasteiger partial charge in [-0.05, 0) is 230 Å². The van der Waals surface area contributed by atoms with Crippen LogP contribution in [0.2, 0.25) is 0 Å². The molecule has 24 heteroatoms. The first-order valence-electron chi connectivity index (χ1n) is 54.4. The third-order valence-electron chi connectivity index (χ3n) is 28.5. The highest BCUT2D eigenvalue weighted by Gasteiger charge is 2.29. The van der Waals surface area contributed by atoms with E-state index in [2.05, 4.69) is 298 Å². The Bertz CT molecular complexity index is 3330. The van der Waals surface area contributed by atoms with Gasteiger partial charge in [0.1, 0.15) is 148 Å². The fourth-order valence-electron chi connectivity index (χ4n) is 18.3. The molecule has 0 spiro atoms. The van der Waals surface area contributed by atoms with Gasteiger partial charge in [-0.15, -0.1) is 0 Å². The summed E-state index contributed by atoms with van der Waals surface area (Å²) >= 11 is 0. The fraction of sp³-hybridized carbons (Fsp3) is 0.684. The molecule has 0 aromatic heterocycles. The van der Waals surface area contributed by atoms with E-state index in [-0.39, 0.29) is 0 Å². The zero-order chi connectivity index (χ0) is 99.9. The molecule has 16 aliphatic carbocycles. The van der Waals surface area contributed by atoms with Gasteiger partial charge in [0.15, 0.2) is 0 Å². The minimum absolute atomic E-state index is 0.439. The van der Waals surface area contributed by atoms with Gasteiger partial charge >= 0.3 is 0 Å². The molecular formula is C114H192N12O12. The number of hydrogen-bond donors (Lipinski definition) is 0. The molecule has 16 aliphatic rings. The van der Waals surface area contributed by atoms with Crippen molar-refractivity contribution in [1.82, 2.24) is 58.8 Å². The average Bonchev–Trinajstić information content (AvgIpc) is 0.782. The summed E-state index contributed by atoms with van der Waals surface area (Å²) in [6, 6.07) is 27.4. The van der Waals surface area contributed by atoms with Gasteiger partial charge in [0.25, 0.3) is 0 Å². The Balaban J connectivity index is 1.77. The van der Waals surface area contributed by atoms with Gasteiger partial charge < -0.3 is 116 Å². The highest BCUT2D eigenvalue weighted by atomic mass is 16.5. The van der Waals surface area contributed by atoms with E-state index in [1.165, 1.54) is 0 Å². The second kappa shape index (κ2) is 67.1. The quantitative estimate of drug-likeness (QED) is 0.0355. The van der Waals surface area contributed by atoms with E-state index in [0.717, 1.165) is 371 Å². The molecule has 0 fully saturated rings. The molecule has 0 radical (unpaired) electrons. The van der Waals surface area contributed by atoms with Crippen LogP contribution in [0, 0.1) is 0 Å². The van der Waals surface area contributed by atoms with Crippen molar-refractivity contribution in [1.29, 1.82) is 0 Å². The van der Waals surface area contributed by atoms with Gasteiger partial charge in [-0.1, -0.05) is 166 Å². The van der Waals surface area contributed by atoms with Crippen LogP contribution in [-0.2, 0) is 38.5 Å². The van der Waals surface area contributed by atoms with E-state index in [4.69, 9.17) is 56.8 Å². The Morgan fingerprint density at radius 2 is 0.188 bits per heavy atom. The van der Waals surface area contributed by atoms with E-state index in [1.807, 2.05) is 0 Å². The Morgan fingerprint density at radius 3 is 0.246 bits per heavy atom. The summed E-state index contributed by atoms with van der Waals surface area (Å²) in [4.78, 5) is 29.2. The lowest BCUT2D eigenvalue weighted by molar-refractivity contribution is 0.215. The molecule has 0 N–H and O–H groups in total. The van der Waals surface area contributed by atoms with Gasteiger partial charge in [-0.3, -0.25) is 0 Å². The largest absolute Gasteiger partial charge is 0.492 e. The smallest absolute Gasteiger partial charge is 0.123 e. The molecule has 0 aliphatic heterocycles. The summed E-state index contributed by atoms with van der Waals surface area (Å²) in [6.07, 6.45) is 2.63. The zero-order valence-corrected chi connectivity index (χ0v) is 91.4. The van der Waals surface area contributed by atoms with Crippen LogP contribution in [0.15, 0.2) is 72.8 Å². The summed E-state index contributed by atoms with van der Waals surface area (Å²) in [5, 5.41) is 0. The summed E-state index contributed by atoms with van der Waals surface area (Å²) < 4.78 is 88.9. The maximum absolute atomic E-state index is 7.41. The van der Waals surface area contributed by atoms with Crippen molar-refractivity contribution in [3.8, 4) is 69.0 Å². The molecule has 0 unspecified atom stereocenters. The zero-order valence-electron chi connectivity index (χ0n) is 91.4. The molecule has 0 atom stereocenters. The molecule has 0 saturated carbocycles. The average molecular weight is 1920 g/mol. The number of hydrogen-bond acceptors (Lipinski definition) is 24. The van der Waals surface area contributed by atoms with Crippen LogP contribution < -0.4 is 56.8 Å². The lowest BCUT2D eigenvalue weighted by Gasteiger charge is -2.25. The van der Waals surface area contributed by atoms with E-state index in [1.54, 1.807) is 0 Å². The standard InChI is InChI=1S/C114H192N12O12/c1-25-115(26-2)49-61-127-103-79-92-74-94-82-108(132-66-54-120(35-11)36-12)96(84-107(94)131-65-53-119(33-9)34-10)76-98-86-112(136-70-58-124(43-19)44-20)100(88-111(98)135-69-57-123(41-17)42-18)78-102-90-113(137-71-59-125(45-21)46-22)101(89-114(102)138-72-60-126(47-23)48-24)77-99-87-109(133-67-55-121(37-13)38-14)97(85-110(99)134-68-56-122(39-15)40-16)75-95-83-105(129-63-51-117(29-5)30-6)93(81-106(95)130-64-52-118(31-7)32-8)73-91(103)80-104(92)128-62-50-116(27-3)28-4/h79-90H,25-78H2,1-24H3. The molecule has 12 bridgehead atoms. The number of nitrogens with zero attached hydrogens (tertiary/aromatic N) is 12. The van der Waals surface area contributed by atoms with Crippen molar-refractivity contribution in [2.75, 3.05) is 315 Å². The molecular weight excluding hydrogens is 1730 g/mol. The first kappa shape index (κ1) is 117. The minimum Gasteiger partial charge on any atom is -0.492 e. The van der Waals surface area contributed by atoms with Crippen LogP contribution >= 0.6 is 0 Å². The maximum atomic E-state index is 7.41. The first-order valence-corrected chi connectivity index (χ1v) is 54.4. The highest BCUT2D eigenvalue weighted by molar-refractivity contribution is 5.61. The van der Waals surface area contributed by atoms with Crippen molar-refractivity contribution >= 4 is 0 Å². The normalized spacial score (nSPS) is 12.6. The Kier molecular flexibility index (Phi) is 57.1. The number of rotatable bonds is 72. The van der Waals surface area contributed by atoms with Crippen LogP contribution in [0.5, 0.6) is 69.0 Å². The molecule has 6 aromatic carbocycles. The number of ether oxygens (including phenoxy) is 12. The van der Waals surface area contributed by atoms with E-state index >= 15 is 0 Å². The molecule has 22 rings (SSSR count). The minimum atomic E-state index is 0.439. The fourth-order valence-corrected chi connectivity index (χ4v) is 18.3. The van der Waals surface area contributed by atoms with Gasteiger partial charge in [0, 0.05) is 184 Å². The SMILES string of the molecule is CCN(CC)CCOc1cc2c(OCCN(CC)CC)cc1Cc1cc(OCCN(CC)CC)c(cc1OCCN(CC)CC)Cc1cc(OCCN(CC)CC)c(cc1OCCN(CC)CC)Cc1cc(OCCN(CC)CC)c(cc1OCCN(CC)CC)Cc1cc(OCCN(CC)CC)c(cc1OCCN(CC)CC)Cc1cc(OCCN(CC)CC)c(cc1OCCN(CC)CC)C2. The van der Waals surface area contributed by atoms with E-state index in [9.17, 15) is 0 Å². The Morgan fingerprint density at radius 1 is 0.123 bits per heavy atom. The van der Waals surface area contributed by atoms with Gasteiger partial charge in [-0.25, -0.2) is 0 Å². The lowest BCUT2D eigenvalue weighted by atomic mass is 9.92. The Labute approximate surface area is 839 Å². The van der Waals surface area contributed by atoms with Crippen molar-refractivity contribution in [3.63, 3.8) is 0 Å². The van der Waals surface area contributed by atoms with E-state index < -0.39 is 0 Å². The van der Waals surface area contributed by atoms with Gasteiger partial charge in [0.05, 0.1) is 0 Å². The second-order valence-electron chi connectivity index (χ2n) is 36.0. The molecule has 6 aromatic rings. The topological polar surface area (TPSA) is 150 Å². The third kappa shape index (κ3) is 38.6. The highest BCUT2D eigenvalue weighted by Crippen LogP contribution is 2.45. The van der Waals surface area contributed by atoms with Gasteiger partial charge in [-0.2, -0.15) is 0 Å². The molecule has 0 saturated heterocycles. The number of benzene rings is 6. The van der Waals surface area contributed by atoms with Crippen LogP contribution in [0.4, 0.5) is 0 Å². The van der Waals surface area contributed by atoms with Crippen molar-refractivity contribution in [3.05, 3.63) is 140 Å². The molecule has 0 heterocycles. The van der Waals surface area contributed by atoms with Crippen LogP contribution in [0.25, 0.3) is 0 Å². The summed E-state index contributed by atoms with van der Waals surface area (Å²) in [6.45, 7) is 89.8. The van der Waals surface area contributed by atoms with Crippen molar-refractivity contribution in [2.45, 2.75) is 205 Å². The van der Waals surface area contributed by atoms with Crippen molar-refractivity contribution in [2.24, 2.45) is 0 Å². The van der Waals surface area contributed by atoms with Gasteiger partial charge in [0.2, 0.25) is 0 Å².